The smallest absolute Gasteiger partial charge is 0.312 e. The number of nitrogens with zero attached hydrogens (tertiary/aromatic N) is 1. The average Bonchev–Trinajstić information content (AvgIpc) is 2.44. The fourth-order valence-electron chi connectivity index (χ4n) is 2.55. The number of aliphatic carboxylic acids is 1. The molecular weight excluding hydrogens is 290 g/mol. The second kappa shape index (κ2) is 6.15. The molecule has 0 bridgehead atoms. The predicted molar refractivity (Wildman–Crippen MR) is 81.0 cm³/mol. The molecule has 0 amide bonds. The molecule has 116 valence electrons. The highest BCUT2D eigenvalue weighted by molar-refractivity contribution is 7.92. The number of rotatable bonds is 5. The Kier molecular flexibility index (Phi) is 4.68. The first kappa shape index (κ1) is 16.0. The Hall–Kier alpha value is -1.40. The van der Waals surface area contributed by atoms with E-state index in [9.17, 15) is 18.3 Å². The molecule has 0 aromatic heterocycles. The van der Waals surface area contributed by atoms with E-state index in [4.69, 9.17) is 0 Å². The fourth-order valence-corrected chi connectivity index (χ4v) is 3.54. The standard InChI is InChI=1S/C15H21NO4S/c1-11(2)21(19,20)8-7-16-9-12-5-3-4-6-13(12)14(10-16)15(17)18/h3-6,11,14H,7-10H2,1-2H3,(H,17,18). The summed E-state index contributed by atoms with van der Waals surface area (Å²) in [6.45, 7) is 4.67. The largest absolute Gasteiger partial charge is 0.481 e. The Morgan fingerprint density at radius 2 is 2.05 bits per heavy atom. The van der Waals surface area contributed by atoms with Crippen molar-refractivity contribution in [3.8, 4) is 0 Å². The molecule has 21 heavy (non-hydrogen) atoms. The summed E-state index contributed by atoms with van der Waals surface area (Å²) in [5, 5.41) is 8.98. The van der Waals surface area contributed by atoms with Crippen LogP contribution in [-0.2, 0) is 21.2 Å². The summed E-state index contributed by atoms with van der Waals surface area (Å²) in [6, 6.07) is 7.48. The zero-order chi connectivity index (χ0) is 15.6. The van der Waals surface area contributed by atoms with E-state index in [1.54, 1.807) is 13.8 Å². The Bertz CT molecular complexity index is 624. The molecule has 1 N–H and O–H groups in total. The maximum absolute atomic E-state index is 11.9. The fraction of sp³-hybridized carbons (Fsp3) is 0.533. The quantitative estimate of drug-likeness (QED) is 0.892. The molecule has 0 saturated carbocycles. The van der Waals surface area contributed by atoms with Gasteiger partial charge in [-0.3, -0.25) is 9.69 Å². The minimum atomic E-state index is -3.10. The number of carboxylic acid groups (broad SMARTS) is 1. The first-order valence-corrected chi connectivity index (χ1v) is 8.77. The second-order valence-electron chi connectivity index (χ2n) is 5.74. The summed E-state index contributed by atoms with van der Waals surface area (Å²) in [4.78, 5) is 13.3. The third-order valence-corrected chi connectivity index (χ3v) is 6.16. The summed E-state index contributed by atoms with van der Waals surface area (Å²) in [5.41, 5.74) is 1.81. The maximum Gasteiger partial charge on any atom is 0.312 e. The lowest BCUT2D eigenvalue weighted by molar-refractivity contribution is -0.139. The van der Waals surface area contributed by atoms with Gasteiger partial charge < -0.3 is 5.11 Å². The Morgan fingerprint density at radius 1 is 1.38 bits per heavy atom. The van der Waals surface area contributed by atoms with Crippen LogP contribution in [0.5, 0.6) is 0 Å². The monoisotopic (exact) mass is 311 g/mol. The molecule has 1 aliphatic rings. The third kappa shape index (κ3) is 3.63. The molecule has 6 heteroatoms. The first-order valence-electron chi connectivity index (χ1n) is 7.06. The van der Waals surface area contributed by atoms with Crippen molar-refractivity contribution in [1.29, 1.82) is 0 Å². The van der Waals surface area contributed by atoms with Crippen molar-refractivity contribution in [3.63, 3.8) is 0 Å². The van der Waals surface area contributed by atoms with Crippen LogP contribution in [0.25, 0.3) is 0 Å². The van der Waals surface area contributed by atoms with E-state index in [-0.39, 0.29) is 5.75 Å². The number of fused-ring (bicyclic) bond motifs is 1. The number of carbonyl (C=O) groups is 1. The lowest BCUT2D eigenvalue weighted by atomic mass is 9.90. The molecule has 1 aromatic rings. The minimum Gasteiger partial charge on any atom is -0.481 e. The Morgan fingerprint density at radius 3 is 2.67 bits per heavy atom. The van der Waals surface area contributed by atoms with Crippen molar-refractivity contribution in [1.82, 2.24) is 4.90 Å². The Balaban J connectivity index is 2.13. The first-order chi connectivity index (χ1) is 9.81. The van der Waals surface area contributed by atoms with E-state index >= 15 is 0 Å². The van der Waals surface area contributed by atoms with Gasteiger partial charge in [0.2, 0.25) is 0 Å². The van der Waals surface area contributed by atoms with Gasteiger partial charge in [-0.1, -0.05) is 24.3 Å². The van der Waals surface area contributed by atoms with Crippen molar-refractivity contribution in [2.75, 3.05) is 18.8 Å². The van der Waals surface area contributed by atoms with Gasteiger partial charge in [-0.2, -0.15) is 0 Å². The van der Waals surface area contributed by atoms with Gasteiger partial charge >= 0.3 is 5.97 Å². The van der Waals surface area contributed by atoms with Crippen molar-refractivity contribution < 1.29 is 18.3 Å². The zero-order valence-corrected chi connectivity index (χ0v) is 13.1. The van der Waals surface area contributed by atoms with Gasteiger partial charge in [0.15, 0.2) is 9.84 Å². The van der Waals surface area contributed by atoms with E-state index in [2.05, 4.69) is 0 Å². The average molecular weight is 311 g/mol. The SMILES string of the molecule is CC(C)S(=O)(=O)CCN1Cc2ccccc2C(C(=O)O)C1. The van der Waals surface area contributed by atoms with Gasteiger partial charge in [0, 0.05) is 19.6 Å². The summed E-state index contributed by atoms with van der Waals surface area (Å²) < 4.78 is 23.8. The number of sulfone groups is 1. The molecule has 0 saturated heterocycles. The van der Waals surface area contributed by atoms with Crippen LogP contribution in [0, 0.1) is 0 Å². The second-order valence-corrected chi connectivity index (χ2v) is 8.42. The predicted octanol–water partition coefficient (Wildman–Crippen LogP) is 1.49. The van der Waals surface area contributed by atoms with E-state index < -0.39 is 27.0 Å². The number of hydrogen-bond acceptors (Lipinski definition) is 4. The van der Waals surface area contributed by atoms with Crippen molar-refractivity contribution in [2.45, 2.75) is 31.6 Å². The van der Waals surface area contributed by atoms with Gasteiger partial charge in [-0.25, -0.2) is 8.42 Å². The van der Waals surface area contributed by atoms with Crippen LogP contribution >= 0.6 is 0 Å². The summed E-state index contributed by atoms with van der Waals surface area (Å²) >= 11 is 0. The van der Waals surface area contributed by atoms with Gasteiger partial charge in [0.1, 0.15) is 0 Å². The van der Waals surface area contributed by atoms with Crippen LogP contribution < -0.4 is 0 Å². The Labute approximate surface area is 125 Å². The molecule has 0 radical (unpaired) electrons. The lowest BCUT2D eigenvalue weighted by Gasteiger charge is -2.32. The van der Waals surface area contributed by atoms with E-state index in [1.807, 2.05) is 29.2 Å². The van der Waals surface area contributed by atoms with Gasteiger partial charge in [0.25, 0.3) is 0 Å². The summed E-state index contributed by atoms with van der Waals surface area (Å²) in [7, 11) is -3.10. The van der Waals surface area contributed by atoms with Gasteiger partial charge in [-0.05, 0) is 25.0 Å². The summed E-state index contributed by atoms with van der Waals surface area (Å²) in [6.07, 6.45) is 0. The molecule has 1 heterocycles. The molecule has 0 fully saturated rings. The highest BCUT2D eigenvalue weighted by Crippen LogP contribution is 2.28. The van der Waals surface area contributed by atoms with Crippen molar-refractivity contribution in [3.05, 3.63) is 35.4 Å². The maximum atomic E-state index is 11.9. The van der Waals surface area contributed by atoms with Crippen LogP contribution in [0.3, 0.4) is 0 Å². The number of hydrogen-bond donors (Lipinski definition) is 1. The molecule has 1 aromatic carbocycles. The highest BCUT2D eigenvalue weighted by Gasteiger charge is 2.30. The van der Waals surface area contributed by atoms with Gasteiger partial charge in [0.05, 0.1) is 16.9 Å². The van der Waals surface area contributed by atoms with Crippen LogP contribution in [0.4, 0.5) is 0 Å². The number of carboxylic acids is 1. The highest BCUT2D eigenvalue weighted by atomic mass is 32.2. The molecule has 2 rings (SSSR count). The molecular formula is C15H21NO4S. The molecule has 5 nitrogen and oxygen atoms in total. The third-order valence-electron chi connectivity index (χ3n) is 3.97. The van der Waals surface area contributed by atoms with Crippen molar-refractivity contribution >= 4 is 15.8 Å². The van der Waals surface area contributed by atoms with Crippen LogP contribution in [0.2, 0.25) is 0 Å². The van der Waals surface area contributed by atoms with E-state index in [0.29, 0.717) is 19.6 Å². The van der Waals surface area contributed by atoms with Crippen molar-refractivity contribution in [2.24, 2.45) is 0 Å². The van der Waals surface area contributed by atoms with Gasteiger partial charge in [-0.15, -0.1) is 0 Å². The normalized spacial score (nSPS) is 19.5. The summed E-state index contributed by atoms with van der Waals surface area (Å²) in [5.74, 6) is -1.38. The minimum absolute atomic E-state index is 0.0686. The molecule has 0 aliphatic carbocycles. The van der Waals surface area contributed by atoms with Crippen LogP contribution in [0.15, 0.2) is 24.3 Å². The topological polar surface area (TPSA) is 74.7 Å². The van der Waals surface area contributed by atoms with Crippen LogP contribution in [-0.4, -0.2) is 48.5 Å². The lowest BCUT2D eigenvalue weighted by Crippen LogP contribution is -2.39. The molecule has 1 atom stereocenters. The molecule has 1 unspecified atom stereocenters. The van der Waals surface area contributed by atoms with E-state index in [0.717, 1.165) is 11.1 Å². The molecule has 0 spiro atoms. The van der Waals surface area contributed by atoms with E-state index in [1.165, 1.54) is 0 Å². The number of benzene rings is 1. The van der Waals surface area contributed by atoms with Crippen LogP contribution in [0.1, 0.15) is 30.9 Å². The molecule has 1 aliphatic heterocycles. The zero-order valence-electron chi connectivity index (χ0n) is 12.3.